The van der Waals surface area contributed by atoms with Crippen LogP contribution in [0.4, 0.5) is 10.1 Å². The number of hydrogen-bond acceptors (Lipinski definition) is 2. The van der Waals surface area contributed by atoms with Gasteiger partial charge < -0.3 is 0 Å². The molecule has 5 heteroatoms. The van der Waals surface area contributed by atoms with Crippen LogP contribution in [0.25, 0.3) is 0 Å². The monoisotopic (exact) mass is 293 g/mol. The third kappa shape index (κ3) is 1.95. The number of imide groups is 1. The van der Waals surface area contributed by atoms with E-state index >= 15 is 0 Å². The molecule has 0 saturated carbocycles. The summed E-state index contributed by atoms with van der Waals surface area (Å²) in [7, 11) is 0. The molecule has 0 spiro atoms. The Morgan fingerprint density at radius 2 is 1.95 bits per heavy atom. The Kier molecular flexibility index (Phi) is 3.13. The molecule has 0 aromatic heterocycles. The van der Waals surface area contributed by atoms with Crippen molar-refractivity contribution in [3.05, 3.63) is 40.7 Å². The van der Waals surface area contributed by atoms with Crippen LogP contribution in [-0.4, -0.2) is 11.8 Å². The van der Waals surface area contributed by atoms with E-state index in [2.05, 4.69) is 0 Å². The molecule has 2 atom stereocenters. The largest absolute Gasteiger partial charge is 0.274 e. The molecular formula is C15H13ClFNO2. The third-order valence-electron chi connectivity index (χ3n) is 3.98. The smallest absolute Gasteiger partial charge is 0.238 e. The van der Waals surface area contributed by atoms with Gasteiger partial charge in [0.2, 0.25) is 11.8 Å². The summed E-state index contributed by atoms with van der Waals surface area (Å²) in [4.78, 5) is 26.0. The van der Waals surface area contributed by atoms with E-state index in [9.17, 15) is 14.0 Å². The van der Waals surface area contributed by atoms with Gasteiger partial charge in [0.05, 0.1) is 22.5 Å². The van der Waals surface area contributed by atoms with Gasteiger partial charge in [0.15, 0.2) is 0 Å². The lowest BCUT2D eigenvalue weighted by molar-refractivity contribution is -0.122. The van der Waals surface area contributed by atoms with Gasteiger partial charge in [0, 0.05) is 0 Å². The first-order chi connectivity index (χ1) is 9.49. The lowest BCUT2D eigenvalue weighted by Crippen LogP contribution is -2.30. The number of fused-ring (bicyclic) bond motifs is 1. The standard InChI is InChI=1S/C15H13ClFNO2/c1-8-2-4-10-11(6-8)15(20)18(14(10)19)9-3-5-13(17)12(16)7-9/h2-3,5,7,10-11H,4,6H2,1H3. The molecule has 2 amide bonds. The minimum absolute atomic E-state index is 0.0905. The molecule has 2 unspecified atom stereocenters. The van der Waals surface area contributed by atoms with E-state index in [1.165, 1.54) is 18.2 Å². The molecule has 3 nitrogen and oxygen atoms in total. The first-order valence-corrected chi connectivity index (χ1v) is 6.85. The molecule has 104 valence electrons. The second-order valence-corrected chi connectivity index (χ2v) is 5.72. The molecule has 2 aliphatic rings. The van der Waals surface area contributed by atoms with Gasteiger partial charge in [-0.05, 0) is 38.0 Å². The molecule has 0 bridgehead atoms. The number of allylic oxidation sites excluding steroid dienone is 2. The maximum atomic E-state index is 13.2. The summed E-state index contributed by atoms with van der Waals surface area (Å²) < 4.78 is 13.2. The van der Waals surface area contributed by atoms with Crippen LogP contribution in [0.5, 0.6) is 0 Å². The molecule has 20 heavy (non-hydrogen) atoms. The van der Waals surface area contributed by atoms with Crippen LogP contribution in [0.1, 0.15) is 19.8 Å². The quantitative estimate of drug-likeness (QED) is 0.588. The van der Waals surface area contributed by atoms with Crippen molar-refractivity contribution in [2.45, 2.75) is 19.8 Å². The van der Waals surface area contributed by atoms with Crippen molar-refractivity contribution >= 4 is 29.1 Å². The molecule has 1 aliphatic heterocycles. The Labute approximate surface area is 121 Å². The fourth-order valence-corrected chi connectivity index (χ4v) is 3.09. The van der Waals surface area contributed by atoms with Crippen molar-refractivity contribution in [2.75, 3.05) is 4.90 Å². The highest BCUT2D eigenvalue weighted by atomic mass is 35.5. The Morgan fingerprint density at radius 3 is 2.65 bits per heavy atom. The average Bonchev–Trinajstić information content (AvgIpc) is 2.65. The SMILES string of the molecule is CC1=CCC2C(=O)N(c3ccc(F)c(Cl)c3)C(=O)C2C1. The molecular weight excluding hydrogens is 281 g/mol. The summed E-state index contributed by atoms with van der Waals surface area (Å²) in [5, 5.41) is -0.0905. The molecule has 1 aromatic rings. The normalized spacial score (nSPS) is 25.8. The molecule has 3 rings (SSSR count). The Bertz CT molecular complexity index is 641. The van der Waals surface area contributed by atoms with E-state index in [1.807, 2.05) is 13.0 Å². The fourth-order valence-electron chi connectivity index (χ4n) is 2.92. The molecule has 0 radical (unpaired) electrons. The molecule has 1 saturated heterocycles. The predicted octanol–water partition coefficient (Wildman–Crippen LogP) is 3.32. The number of nitrogens with zero attached hydrogens (tertiary/aromatic N) is 1. The van der Waals surface area contributed by atoms with Gasteiger partial charge in [-0.25, -0.2) is 9.29 Å². The highest BCUT2D eigenvalue weighted by Crippen LogP contribution is 2.40. The van der Waals surface area contributed by atoms with Gasteiger partial charge in [0.25, 0.3) is 0 Å². The molecule has 1 aromatic carbocycles. The van der Waals surface area contributed by atoms with Gasteiger partial charge in [0.1, 0.15) is 5.82 Å². The highest BCUT2D eigenvalue weighted by Gasteiger charge is 2.48. The van der Waals surface area contributed by atoms with Crippen LogP contribution in [-0.2, 0) is 9.59 Å². The number of amides is 2. The van der Waals surface area contributed by atoms with Gasteiger partial charge in [-0.3, -0.25) is 9.59 Å². The molecule has 1 aliphatic carbocycles. The summed E-state index contributed by atoms with van der Waals surface area (Å²) >= 11 is 5.73. The van der Waals surface area contributed by atoms with Crippen molar-refractivity contribution in [3.8, 4) is 0 Å². The summed E-state index contributed by atoms with van der Waals surface area (Å²) in [6.07, 6.45) is 3.21. The van der Waals surface area contributed by atoms with Crippen LogP contribution in [0.2, 0.25) is 5.02 Å². The second kappa shape index (κ2) is 4.70. The molecule has 1 heterocycles. The first kappa shape index (κ1) is 13.3. The van der Waals surface area contributed by atoms with Gasteiger partial charge in [-0.2, -0.15) is 0 Å². The van der Waals surface area contributed by atoms with Gasteiger partial charge >= 0.3 is 0 Å². The van der Waals surface area contributed by atoms with Crippen molar-refractivity contribution in [2.24, 2.45) is 11.8 Å². The number of halogens is 2. The minimum Gasteiger partial charge on any atom is -0.274 e. The van der Waals surface area contributed by atoms with Crippen LogP contribution >= 0.6 is 11.6 Å². The van der Waals surface area contributed by atoms with Crippen molar-refractivity contribution in [1.29, 1.82) is 0 Å². The van der Waals surface area contributed by atoms with Gasteiger partial charge in [-0.15, -0.1) is 0 Å². The van der Waals surface area contributed by atoms with E-state index in [1.54, 1.807) is 0 Å². The summed E-state index contributed by atoms with van der Waals surface area (Å²) in [5.41, 5.74) is 1.48. The maximum absolute atomic E-state index is 13.2. The number of benzene rings is 1. The Morgan fingerprint density at radius 1 is 1.25 bits per heavy atom. The number of anilines is 1. The minimum atomic E-state index is -0.565. The third-order valence-corrected chi connectivity index (χ3v) is 4.27. The topological polar surface area (TPSA) is 37.4 Å². The van der Waals surface area contributed by atoms with Crippen molar-refractivity contribution < 1.29 is 14.0 Å². The number of carbonyl (C=O) groups excluding carboxylic acids is 2. The summed E-state index contributed by atoms with van der Waals surface area (Å²) in [6.45, 7) is 1.96. The van der Waals surface area contributed by atoms with Crippen LogP contribution in [0, 0.1) is 17.7 Å². The fraction of sp³-hybridized carbons (Fsp3) is 0.333. The zero-order valence-electron chi connectivity index (χ0n) is 10.9. The summed E-state index contributed by atoms with van der Waals surface area (Å²) in [5.74, 6) is -1.59. The van der Waals surface area contributed by atoms with E-state index in [0.29, 0.717) is 18.5 Å². The molecule has 0 N–H and O–H groups in total. The average molecular weight is 294 g/mol. The maximum Gasteiger partial charge on any atom is 0.238 e. The number of rotatable bonds is 1. The van der Waals surface area contributed by atoms with E-state index in [0.717, 1.165) is 10.5 Å². The lowest BCUT2D eigenvalue weighted by Gasteiger charge is -2.18. The van der Waals surface area contributed by atoms with E-state index in [-0.39, 0.29) is 28.7 Å². The highest BCUT2D eigenvalue weighted by molar-refractivity contribution is 6.31. The summed E-state index contributed by atoms with van der Waals surface area (Å²) in [6, 6.07) is 3.91. The van der Waals surface area contributed by atoms with Crippen LogP contribution in [0.15, 0.2) is 29.8 Å². The predicted molar refractivity (Wildman–Crippen MR) is 73.9 cm³/mol. The second-order valence-electron chi connectivity index (χ2n) is 5.31. The van der Waals surface area contributed by atoms with Crippen LogP contribution in [0.3, 0.4) is 0 Å². The molecule has 1 fully saturated rings. The Hall–Kier alpha value is -1.68. The van der Waals surface area contributed by atoms with E-state index in [4.69, 9.17) is 11.6 Å². The lowest BCUT2D eigenvalue weighted by atomic mass is 9.82. The van der Waals surface area contributed by atoms with Crippen molar-refractivity contribution in [1.82, 2.24) is 0 Å². The Balaban J connectivity index is 1.97. The number of hydrogen-bond donors (Lipinski definition) is 0. The van der Waals surface area contributed by atoms with E-state index < -0.39 is 5.82 Å². The first-order valence-electron chi connectivity index (χ1n) is 6.47. The number of carbonyl (C=O) groups is 2. The zero-order chi connectivity index (χ0) is 14.4. The zero-order valence-corrected chi connectivity index (χ0v) is 11.7. The van der Waals surface area contributed by atoms with Gasteiger partial charge in [-0.1, -0.05) is 23.3 Å². The van der Waals surface area contributed by atoms with Crippen LogP contribution < -0.4 is 4.90 Å². The van der Waals surface area contributed by atoms with Crippen molar-refractivity contribution in [3.63, 3.8) is 0 Å².